The predicted molar refractivity (Wildman–Crippen MR) is 207 cm³/mol. The van der Waals surface area contributed by atoms with Gasteiger partial charge in [0.1, 0.15) is 11.8 Å². The van der Waals surface area contributed by atoms with E-state index in [2.05, 4.69) is 111 Å². The lowest BCUT2D eigenvalue weighted by Gasteiger charge is -2.68. The Labute approximate surface area is 301 Å². The second kappa shape index (κ2) is 15.7. The molecule has 49 heavy (non-hydrogen) atoms. The van der Waals surface area contributed by atoms with Crippen molar-refractivity contribution in [3.8, 4) is 6.07 Å². The molecule has 0 saturated heterocycles. The lowest BCUT2D eigenvalue weighted by atomic mass is 9.36. The van der Waals surface area contributed by atoms with E-state index in [1.807, 2.05) is 7.11 Å². The molecule has 0 aromatic carbocycles. The first kappa shape index (κ1) is 41.5. The largest absolute Gasteiger partial charge is 0.384 e. The van der Waals surface area contributed by atoms with Crippen LogP contribution in [0.25, 0.3) is 0 Å². The van der Waals surface area contributed by atoms with Crippen LogP contribution in [0.3, 0.4) is 0 Å². The van der Waals surface area contributed by atoms with Gasteiger partial charge in [0.2, 0.25) is 0 Å². The van der Waals surface area contributed by atoms with Gasteiger partial charge in [0, 0.05) is 24.3 Å². The molecule has 0 amide bonds. The molecular weight excluding hydrogens is 604 g/mol. The van der Waals surface area contributed by atoms with Crippen molar-refractivity contribution >= 4 is 6.21 Å². The Morgan fingerprint density at radius 2 is 1.82 bits per heavy atom. The molecule has 4 rings (SSSR count). The van der Waals surface area contributed by atoms with Gasteiger partial charge in [-0.05, 0) is 116 Å². The normalized spacial score (nSPS) is 33.9. The molecule has 3 N–H and O–H groups in total. The number of nitrogens with two attached hydrogens (primary N) is 1. The average molecular weight is 679 g/mol. The van der Waals surface area contributed by atoms with E-state index in [4.69, 9.17) is 20.5 Å². The van der Waals surface area contributed by atoms with Gasteiger partial charge in [-0.2, -0.15) is 10.4 Å². The zero-order chi connectivity index (χ0) is 37.1. The Bertz CT molecular complexity index is 1270. The van der Waals surface area contributed by atoms with Gasteiger partial charge in [-0.1, -0.05) is 99.6 Å². The Hall–Kier alpha value is -1.94. The van der Waals surface area contributed by atoms with E-state index in [0.29, 0.717) is 40.6 Å². The van der Waals surface area contributed by atoms with Crippen molar-refractivity contribution in [2.24, 2.45) is 67.5 Å². The smallest absolute Gasteiger partial charge is 0.126 e. The van der Waals surface area contributed by atoms with Crippen molar-refractivity contribution in [1.29, 1.82) is 5.26 Å². The number of hydrazone groups is 1. The number of allylic oxidation sites excluding steroid dienone is 5. The van der Waals surface area contributed by atoms with Crippen molar-refractivity contribution in [2.75, 3.05) is 20.3 Å². The van der Waals surface area contributed by atoms with Crippen LogP contribution in [0.5, 0.6) is 0 Å². The topological polar surface area (TPSA) is 92.7 Å². The summed E-state index contributed by atoms with van der Waals surface area (Å²) in [7, 11) is 1.87. The molecule has 0 heterocycles. The number of nitriles is 1. The van der Waals surface area contributed by atoms with Gasteiger partial charge in [0.05, 0.1) is 19.3 Å². The maximum Gasteiger partial charge on any atom is 0.126 e. The first-order valence-corrected chi connectivity index (χ1v) is 19.4. The zero-order valence-electron chi connectivity index (χ0n) is 33.8. The number of hydrogen-bond acceptors (Lipinski definition) is 6. The Balaban J connectivity index is 0.000000723. The third-order valence-corrected chi connectivity index (χ3v) is 14.8. The third-order valence-electron chi connectivity index (χ3n) is 14.8. The van der Waals surface area contributed by atoms with Crippen molar-refractivity contribution in [3.63, 3.8) is 0 Å². The highest BCUT2D eigenvalue weighted by atomic mass is 16.5. The molecule has 2 saturated carbocycles. The monoisotopic (exact) mass is 679 g/mol. The Kier molecular flexibility index (Phi) is 13.3. The summed E-state index contributed by atoms with van der Waals surface area (Å²) in [5.41, 5.74) is 11.9. The zero-order valence-corrected chi connectivity index (χ0v) is 33.8. The van der Waals surface area contributed by atoms with Crippen molar-refractivity contribution < 1.29 is 9.47 Å². The SMILES string of the molecule is C=C(C#N)N/N=C\C.CCC(OC[C@](C)(N)C(C)C)[C@@](C)(COC)C1CCC2C(=CC[C@]34C=CC[C@]([C@H](C)C(C)C)(CCC23C)C4)C1(C)C. The number of methoxy groups -OCH3 is 1. The molecule has 4 aliphatic carbocycles. The first-order valence-electron chi connectivity index (χ1n) is 19.4. The van der Waals surface area contributed by atoms with Crippen LogP contribution in [-0.4, -0.2) is 38.2 Å². The average Bonchev–Trinajstić information content (AvgIpc) is 3.04. The minimum atomic E-state index is -0.333. The van der Waals surface area contributed by atoms with Gasteiger partial charge in [0.25, 0.3) is 0 Å². The highest BCUT2D eigenvalue weighted by molar-refractivity contribution is 5.53. The Morgan fingerprint density at radius 1 is 1.14 bits per heavy atom. The fraction of sp³-hybridized carbons (Fsp3) is 0.814. The number of nitrogens with one attached hydrogen (secondary N) is 1. The molecule has 0 aliphatic heterocycles. The number of nitrogens with zero attached hydrogens (tertiary/aromatic N) is 2. The van der Waals surface area contributed by atoms with E-state index in [9.17, 15) is 0 Å². The summed E-state index contributed by atoms with van der Waals surface area (Å²) in [6.45, 7) is 32.9. The van der Waals surface area contributed by atoms with Crippen LogP contribution in [0, 0.1) is 68.0 Å². The lowest BCUT2D eigenvalue weighted by molar-refractivity contribution is -0.151. The Morgan fingerprint density at radius 3 is 2.37 bits per heavy atom. The van der Waals surface area contributed by atoms with Gasteiger partial charge < -0.3 is 15.2 Å². The van der Waals surface area contributed by atoms with E-state index in [0.717, 1.165) is 24.9 Å². The van der Waals surface area contributed by atoms with Crippen LogP contribution in [0.2, 0.25) is 0 Å². The first-order chi connectivity index (χ1) is 22.8. The molecule has 4 aliphatic rings. The molecule has 6 heteroatoms. The van der Waals surface area contributed by atoms with Crippen LogP contribution in [0.4, 0.5) is 0 Å². The highest BCUT2D eigenvalue weighted by Crippen LogP contribution is 2.73. The van der Waals surface area contributed by atoms with Gasteiger partial charge in [0.15, 0.2) is 0 Å². The molecule has 4 unspecified atom stereocenters. The molecule has 2 bridgehead atoms. The van der Waals surface area contributed by atoms with Crippen LogP contribution < -0.4 is 11.2 Å². The van der Waals surface area contributed by atoms with E-state index >= 15 is 0 Å². The summed E-state index contributed by atoms with van der Waals surface area (Å²) in [5.74, 6) is 3.05. The highest BCUT2D eigenvalue weighted by Gasteiger charge is 2.65. The third kappa shape index (κ3) is 7.80. The molecule has 278 valence electrons. The van der Waals surface area contributed by atoms with E-state index in [-0.39, 0.29) is 28.2 Å². The van der Waals surface area contributed by atoms with Gasteiger partial charge in [-0.3, -0.25) is 5.43 Å². The maximum atomic E-state index is 8.08. The summed E-state index contributed by atoms with van der Waals surface area (Å²) < 4.78 is 12.8. The lowest BCUT2D eigenvalue weighted by Crippen LogP contribution is -2.60. The van der Waals surface area contributed by atoms with Crippen molar-refractivity contribution in [3.05, 3.63) is 36.1 Å². The molecule has 6 nitrogen and oxygen atoms in total. The number of fused-ring (bicyclic) bond motifs is 3. The summed E-state index contributed by atoms with van der Waals surface area (Å²) in [6.07, 6.45) is 19.9. The molecule has 9 atom stereocenters. The minimum absolute atomic E-state index is 0.0823. The van der Waals surface area contributed by atoms with E-state index in [1.165, 1.54) is 44.9 Å². The molecule has 0 aromatic heterocycles. The van der Waals surface area contributed by atoms with Crippen molar-refractivity contribution in [1.82, 2.24) is 5.43 Å². The summed E-state index contributed by atoms with van der Waals surface area (Å²) >= 11 is 0. The van der Waals surface area contributed by atoms with Crippen LogP contribution >= 0.6 is 0 Å². The van der Waals surface area contributed by atoms with Gasteiger partial charge >= 0.3 is 0 Å². The van der Waals surface area contributed by atoms with E-state index in [1.54, 1.807) is 24.8 Å². The second-order valence-electron chi connectivity index (χ2n) is 18.4. The molecule has 0 aromatic rings. The number of rotatable bonds is 13. The van der Waals surface area contributed by atoms with Gasteiger partial charge in [-0.25, -0.2) is 0 Å². The van der Waals surface area contributed by atoms with Crippen molar-refractivity contribution in [2.45, 2.75) is 146 Å². The number of hydrogen-bond donors (Lipinski definition) is 2. The van der Waals surface area contributed by atoms with Gasteiger partial charge in [-0.15, -0.1) is 0 Å². The summed E-state index contributed by atoms with van der Waals surface area (Å²) in [4.78, 5) is 0. The molecule has 2 fully saturated rings. The minimum Gasteiger partial charge on any atom is -0.384 e. The fourth-order valence-electron chi connectivity index (χ4n) is 10.9. The van der Waals surface area contributed by atoms with Crippen LogP contribution in [0.1, 0.15) is 134 Å². The molecule has 1 spiro atoms. The van der Waals surface area contributed by atoms with Crippen LogP contribution in [-0.2, 0) is 9.47 Å². The number of ether oxygens (including phenoxy) is 2. The molecular formula is C43H74N4O2. The summed E-state index contributed by atoms with van der Waals surface area (Å²) in [6, 6.07) is 1.78. The predicted octanol–water partition coefficient (Wildman–Crippen LogP) is 10.2. The van der Waals surface area contributed by atoms with E-state index < -0.39 is 0 Å². The maximum absolute atomic E-state index is 8.08. The standard InChI is InChI=1S/C38H67NO2.C5H7N3/c1-13-32(41-25-36(11,39)27(4)5)34(9,24-40-12)31-16-15-30-29(33(31,7)8)17-20-38-19-14-18-37(23-38,28(6)26(2)3)22-21-35(30,38)10;1-3-7-8-5(2)4-6/h14,17,19,26-28,30-32H,13,15-16,18,20-25,39H2,1-12H3;3,8H,2H2,1H3/b;7-3-/t28-,30?,31?,32?,34+,35?,36+,37+,38+;/m1./s1. The quantitative estimate of drug-likeness (QED) is 0.0875. The molecule has 0 radical (unpaired) electrons. The fourth-order valence-corrected chi connectivity index (χ4v) is 10.9. The second-order valence-corrected chi connectivity index (χ2v) is 18.4. The van der Waals surface area contributed by atoms with Crippen LogP contribution in [0.15, 0.2) is 41.2 Å². The summed E-state index contributed by atoms with van der Waals surface area (Å²) in [5, 5.41) is 11.6.